The van der Waals surface area contributed by atoms with Gasteiger partial charge in [0.1, 0.15) is 11.5 Å². The second kappa shape index (κ2) is 8.36. The first kappa shape index (κ1) is 20.4. The number of aliphatic carboxylic acids is 1. The molecule has 0 saturated heterocycles. The van der Waals surface area contributed by atoms with E-state index >= 15 is 0 Å². The van der Waals surface area contributed by atoms with E-state index in [0.717, 1.165) is 28.2 Å². The molecule has 3 heteroatoms. The Balaban J connectivity index is 1.89. The summed E-state index contributed by atoms with van der Waals surface area (Å²) in [5, 5.41) is 9.58. The Morgan fingerprint density at radius 2 is 1.55 bits per heavy atom. The summed E-state index contributed by atoms with van der Waals surface area (Å²) in [5.41, 5.74) is 3.94. The molecule has 0 aliphatic rings. The number of hydrogen-bond acceptors (Lipinski definition) is 2. The van der Waals surface area contributed by atoms with E-state index in [-0.39, 0.29) is 11.0 Å². The lowest BCUT2D eigenvalue weighted by atomic mass is 9.85. The summed E-state index contributed by atoms with van der Waals surface area (Å²) in [6.07, 6.45) is 1.68. The van der Waals surface area contributed by atoms with Crippen LogP contribution in [0.5, 0.6) is 11.5 Å². The smallest absolute Gasteiger partial charge is 0.336 e. The van der Waals surface area contributed by atoms with Crippen molar-refractivity contribution >= 4 is 17.6 Å². The minimum absolute atomic E-state index is 0.0316. The molecule has 0 spiro atoms. The van der Waals surface area contributed by atoms with Gasteiger partial charge < -0.3 is 9.84 Å². The number of ether oxygens (including phenoxy) is 1. The Morgan fingerprint density at radius 1 is 0.897 bits per heavy atom. The topological polar surface area (TPSA) is 46.5 Å². The lowest BCUT2D eigenvalue weighted by Crippen LogP contribution is -2.13. The number of para-hydroxylation sites is 1. The standard InChI is InChI=1S/C26H26O3/c1-18-9-8-12-23(26(2,3)4)24(18)29-21-15-13-19(14-16-21)17-22(25(27)28)20-10-6-5-7-11-20/h5-17H,1-4H3,(H,27,28)/b22-17+. The number of rotatable bonds is 5. The molecule has 3 rings (SSSR count). The fraction of sp³-hybridized carbons (Fsp3) is 0.192. The van der Waals surface area contributed by atoms with E-state index in [1.165, 1.54) is 0 Å². The average molecular weight is 386 g/mol. The number of carbonyl (C=O) groups is 1. The van der Waals surface area contributed by atoms with Gasteiger partial charge in [-0.25, -0.2) is 4.79 Å². The quantitative estimate of drug-likeness (QED) is 0.391. The van der Waals surface area contributed by atoms with E-state index in [1.54, 1.807) is 18.2 Å². The molecule has 0 fully saturated rings. The zero-order valence-electron chi connectivity index (χ0n) is 17.3. The van der Waals surface area contributed by atoms with Crippen molar-refractivity contribution in [3.05, 3.63) is 95.1 Å². The SMILES string of the molecule is Cc1cccc(C(C)(C)C)c1Oc1ccc(/C=C(/C(=O)O)c2ccccc2)cc1. The lowest BCUT2D eigenvalue weighted by Gasteiger charge is -2.24. The van der Waals surface area contributed by atoms with Crippen LogP contribution >= 0.6 is 0 Å². The first-order chi connectivity index (χ1) is 13.8. The number of carboxylic acids is 1. The minimum Gasteiger partial charge on any atom is -0.478 e. The van der Waals surface area contributed by atoms with Gasteiger partial charge in [0.15, 0.2) is 0 Å². The predicted octanol–water partition coefficient (Wildman–Crippen LogP) is 6.71. The summed E-state index contributed by atoms with van der Waals surface area (Å²) in [7, 11) is 0. The second-order valence-electron chi connectivity index (χ2n) is 8.10. The van der Waals surface area contributed by atoms with Gasteiger partial charge in [-0.15, -0.1) is 0 Å². The van der Waals surface area contributed by atoms with Gasteiger partial charge in [-0.2, -0.15) is 0 Å². The summed E-state index contributed by atoms with van der Waals surface area (Å²) in [6, 6.07) is 22.8. The number of carboxylic acid groups (broad SMARTS) is 1. The van der Waals surface area contributed by atoms with Crippen LogP contribution in [-0.2, 0) is 10.2 Å². The van der Waals surface area contributed by atoms with Gasteiger partial charge in [0.2, 0.25) is 0 Å². The highest BCUT2D eigenvalue weighted by molar-refractivity contribution is 6.20. The summed E-state index contributed by atoms with van der Waals surface area (Å²) < 4.78 is 6.22. The molecule has 0 aliphatic heterocycles. The van der Waals surface area contributed by atoms with Crippen molar-refractivity contribution in [3.8, 4) is 11.5 Å². The molecular formula is C26H26O3. The summed E-state index contributed by atoms with van der Waals surface area (Å²) in [5.74, 6) is 0.642. The zero-order chi connectivity index (χ0) is 21.0. The molecule has 0 amide bonds. The van der Waals surface area contributed by atoms with E-state index in [0.29, 0.717) is 5.56 Å². The largest absolute Gasteiger partial charge is 0.478 e. The van der Waals surface area contributed by atoms with Crippen molar-refractivity contribution in [1.82, 2.24) is 0 Å². The van der Waals surface area contributed by atoms with Gasteiger partial charge in [-0.05, 0) is 47.2 Å². The molecule has 0 heterocycles. The van der Waals surface area contributed by atoms with Crippen molar-refractivity contribution in [2.24, 2.45) is 0 Å². The van der Waals surface area contributed by atoms with Crippen LogP contribution in [0.3, 0.4) is 0 Å². The summed E-state index contributed by atoms with van der Waals surface area (Å²) >= 11 is 0. The second-order valence-corrected chi connectivity index (χ2v) is 8.10. The van der Waals surface area contributed by atoms with Gasteiger partial charge in [0.05, 0.1) is 5.57 Å². The van der Waals surface area contributed by atoms with Crippen LogP contribution in [0.15, 0.2) is 72.8 Å². The third-order valence-corrected chi connectivity index (χ3v) is 4.75. The van der Waals surface area contributed by atoms with Gasteiger partial charge in [0, 0.05) is 5.56 Å². The Morgan fingerprint density at radius 3 is 2.14 bits per heavy atom. The molecule has 0 aromatic heterocycles. The minimum atomic E-state index is -0.953. The van der Waals surface area contributed by atoms with E-state index in [9.17, 15) is 9.90 Å². The van der Waals surface area contributed by atoms with Gasteiger partial charge >= 0.3 is 5.97 Å². The predicted molar refractivity (Wildman–Crippen MR) is 118 cm³/mol. The van der Waals surface area contributed by atoms with E-state index in [4.69, 9.17) is 4.74 Å². The van der Waals surface area contributed by atoms with Crippen molar-refractivity contribution < 1.29 is 14.6 Å². The molecule has 0 aliphatic carbocycles. The molecule has 0 saturated carbocycles. The number of aryl methyl sites for hydroxylation is 1. The third kappa shape index (κ3) is 4.94. The Bertz CT molecular complexity index is 1020. The Kier molecular flexibility index (Phi) is 5.88. The van der Waals surface area contributed by atoms with Crippen LogP contribution in [0, 0.1) is 6.92 Å². The maximum absolute atomic E-state index is 11.7. The van der Waals surface area contributed by atoms with Crippen molar-refractivity contribution in [1.29, 1.82) is 0 Å². The fourth-order valence-corrected chi connectivity index (χ4v) is 3.18. The molecule has 1 N–H and O–H groups in total. The van der Waals surface area contributed by atoms with Gasteiger partial charge in [0.25, 0.3) is 0 Å². The van der Waals surface area contributed by atoms with Gasteiger partial charge in [-0.3, -0.25) is 0 Å². The molecule has 3 aromatic carbocycles. The molecule has 3 nitrogen and oxygen atoms in total. The fourth-order valence-electron chi connectivity index (χ4n) is 3.18. The van der Waals surface area contributed by atoms with Crippen molar-refractivity contribution in [2.45, 2.75) is 33.1 Å². The van der Waals surface area contributed by atoms with Crippen LogP contribution in [0.2, 0.25) is 0 Å². The van der Waals surface area contributed by atoms with Crippen LogP contribution in [0.25, 0.3) is 11.6 Å². The van der Waals surface area contributed by atoms with E-state index < -0.39 is 5.97 Å². The van der Waals surface area contributed by atoms with Crippen LogP contribution in [-0.4, -0.2) is 11.1 Å². The normalized spacial score (nSPS) is 11.9. The van der Waals surface area contributed by atoms with Crippen LogP contribution < -0.4 is 4.74 Å². The molecule has 0 radical (unpaired) electrons. The Labute approximate surface area is 172 Å². The molecule has 29 heavy (non-hydrogen) atoms. The van der Waals surface area contributed by atoms with Gasteiger partial charge in [-0.1, -0.05) is 81.4 Å². The molecule has 3 aromatic rings. The first-order valence-electron chi connectivity index (χ1n) is 9.64. The monoisotopic (exact) mass is 386 g/mol. The molecule has 0 bridgehead atoms. The molecule has 148 valence electrons. The number of hydrogen-bond donors (Lipinski definition) is 1. The van der Waals surface area contributed by atoms with Crippen molar-refractivity contribution in [3.63, 3.8) is 0 Å². The van der Waals surface area contributed by atoms with Crippen LogP contribution in [0.1, 0.15) is 43.0 Å². The average Bonchev–Trinajstić information content (AvgIpc) is 2.68. The van der Waals surface area contributed by atoms with E-state index in [2.05, 4.69) is 26.8 Å². The van der Waals surface area contributed by atoms with E-state index in [1.807, 2.05) is 61.5 Å². The Hall–Kier alpha value is -3.33. The molecule has 0 unspecified atom stereocenters. The molecular weight excluding hydrogens is 360 g/mol. The maximum atomic E-state index is 11.7. The first-order valence-corrected chi connectivity index (χ1v) is 9.64. The highest BCUT2D eigenvalue weighted by Crippen LogP contribution is 2.36. The lowest BCUT2D eigenvalue weighted by molar-refractivity contribution is -0.130. The summed E-state index contributed by atoms with van der Waals surface area (Å²) in [6.45, 7) is 8.54. The third-order valence-electron chi connectivity index (χ3n) is 4.75. The maximum Gasteiger partial charge on any atom is 0.336 e. The number of benzene rings is 3. The van der Waals surface area contributed by atoms with Crippen molar-refractivity contribution in [2.75, 3.05) is 0 Å². The summed E-state index contributed by atoms with van der Waals surface area (Å²) in [4.78, 5) is 11.7. The zero-order valence-corrected chi connectivity index (χ0v) is 17.3. The molecule has 0 atom stereocenters. The highest BCUT2D eigenvalue weighted by Gasteiger charge is 2.20. The highest BCUT2D eigenvalue weighted by atomic mass is 16.5. The van der Waals surface area contributed by atoms with Crippen LogP contribution in [0.4, 0.5) is 0 Å².